The summed E-state index contributed by atoms with van der Waals surface area (Å²) in [4.78, 5) is 1.90. The van der Waals surface area contributed by atoms with Crippen molar-refractivity contribution in [1.82, 2.24) is 4.90 Å². The molecule has 0 aromatic heterocycles. The molecule has 1 aliphatic carbocycles. The molecule has 1 saturated carbocycles. The van der Waals surface area contributed by atoms with Gasteiger partial charge in [-0.05, 0) is 0 Å². The second-order valence-corrected chi connectivity index (χ2v) is 3.08. The highest BCUT2D eigenvalue weighted by atomic mass is 15.1. The van der Waals surface area contributed by atoms with Gasteiger partial charge in [0.15, 0.2) is 0 Å². The fourth-order valence-corrected chi connectivity index (χ4v) is 0.433. The summed E-state index contributed by atoms with van der Waals surface area (Å²) >= 11 is 0. The van der Waals surface area contributed by atoms with Crippen molar-refractivity contribution in [2.45, 2.75) is 25.7 Å². The number of nitrogens with two attached hydrogens (primary N) is 1. The lowest BCUT2D eigenvalue weighted by Gasteiger charge is -2.11. The van der Waals surface area contributed by atoms with Gasteiger partial charge in [-0.2, -0.15) is 0 Å². The molecule has 66 valence electrons. The molecule has 2 nitrogen and oxygen atoms in total. The molecule has 0 aromatic rings. The number of rotatable bonds is 2. The molecule has 2 N–H and O–H groups in total. The zero-order valence-corrected chi connectivity index (χ0v) is 7.77. The third kappa shape index (κ3) is 5.92. The van der Waals surface area contributed by atoms with Gasteiger partial charge in [-0.25, -0.2) is 0 Å². The van der Waals surface area contributed by atoms with Crippen molar-refractivity contribution in [2.24, 2.45) is 5.73 Å². The van der Waals surface area contributed by atoms with Crippen molar-refractivity contribution in [1.29, 1.82) is 0 Å². The summed E-state index contributed by atoms with van der Waals surface area (Å²) in [5.41, 5.74) is 6.19. The van der Waals surface area contributed by atoms with E-state index in [0.29, 0.717) is 6.54 Å². The number of hydrogen-bond donors (Lipinski definition) is 1. The van der Waals surface area contributed by atoms with Gasteiger partial charge in [0.05, 0.1) is 0 Å². The summed E-state index contributed by atoms with van der Waals surface area (Å²) in [5.74, 6) is 0. The Hall–Kier alpha value is -0.500. The molecule has 0 bridgehead atoms. The molecule has 0 heterocycles. The Bertz CT molecular complexity index is 100. The van der Waals surface area contributed by atoms with Crippen LogP contribution in [0, 0.1) is 0 Å². The van der Waals surface area contributed by atoms with Crippen molar-refractivity contribution in [3.63, 3.8) is 0 Å². The smallest absolute Gasteiger partial charge is 0.0324 e. The summed E-state index contributed by atoms with van der Waals surface area (Å²) in [6.45, 7) is 4.22. The minimum atomic E-state index is 0.549. The van der Waals surface area contributed by atoms with Crippen molar-refractivity contribution in [3.8, 4) is 0 Å². The summed E-state index contributed by atoms with van der Waals surface area (Å²) in [6.07, 6.45) is 6.00. The minimum absolute atomic E-state index is 0.549. The molecule has 0 radical (unpaired) electrons. The molecule has 0 saturated heterocycles. The summed E-state index contributed by atoms with van der Waals surface area (Å²) < 4.78 is 0. The molecule has 0 atom stereocenters. The zero-order valence-electron chi connectivity index (χ0n) is 7.77. The summed E-state index contributed by atoms with van der Waals surface area (Å²) in [7, 11) is 3.85. The van der Waals surface area contributed by atoms with Gasteiger partial charge in [0.2, 0.25) is 0 Å². The molecule has 1 fully saturated rings. The van der Waals surface area contributed by atoms with E-state index >= 15 is 0 Å². The van der Waals surface area contributed by atoms with E-state index in [1.807, 2.05) is 19.0 Å². The standard InChI is InChI=1S/C5H12N2.C4H8/c1-5(4-6)7(2)3;1-2-4-3-1/h1,4,6H2,2-3H3;1-4H2. The molecular weight excluding hydrogens is 136 g/mol. The molecule has 2 heteroatoms. The molecule has 0 unspecified atom stereocenters. The second-order valence-electron chi connectivity index (χ2n) is 3.08. The zero-order chi connectivity index (χ0) is 8.69. The fourth-order valence-electron chi connectivity index (χ4n) is 0.433. The van der Waals surface area contributed by atoms with E-state index in [1.54, 1.807) is 0 Å². The third-order valence-corrected chi connectivity index (χ3v) is 1.87. The average molecular weight is 156 g/mol. The Balaban J connectivity index is 0.000000207. The molecule has 0 spiro atoms. The van der Waals surface area contributed by atoms with Gasteiger partial charge in [-0.1, -0.05) is 32.3 Å². The van der Waals surface area contributed by atoms with Gasteiger partial charge < -0.3 is 10.6 Å². The third-order valence-electron chi connectivity index (χ3n) is 1.87. The van der Waals surface area contributed by atoms with Crippen LogP contribution < -0.4 is 5.73 Å². The Morgan fingerprint density at radius 3 is 1.64 bits per heavy atom. The first-order valence-electron chi connectivity index (χ1n) is 4.23. The molecular formula is C9H20N2. The van der Waals surface area contributed by atoms with E-state index in [-0.39, 0.29) is 0 Å². The van der Waals surface area contributed by atoms with Gasteiger partial charge in [0.1, 0.15) is 0 Å². The van der Waals surface area contributed by atoms with Crippen LogP contribution >= 0.6 is 0 Å². The van der Waals surface area contributed by atoms with Gasteiger partial charge in [0.25, 0.3) is 0 Å². The van der Waals surface area contributed by atoms with E-state index in [0.717, 1.165) is 5.70 Å². The van der Waals surface area contributed by atoms with Gasteiger partial charge >= 0.3 is 0 Å². The van der Waals surface area contributed by atoms with E-state index in [2.05, 4.69) is 6.58 Å². The Kier molecular flexibility index (Phi) is 5.94. The van der Waals surface area contributed by atoms with Crippen LogP contribution in [0.5, 0.6) is 0 Å². The highest BCUT2D eigenvalue weighted by molar-refractivity contribution is 4.91. The lowest BCUT2D eigenvalue weighted by molar-refractivity contribution is 0.504. The monoisotopic (exact) mass is 156 g/mol. The van der Waals surface area contributed by atoms with Gasteiger partial charge in [-0.15, -0.1) is 0 Å². The fraction of sp³-hybridized carbons (Fsp3) is 0.778. The van der Waals surface area contributed by atoms with Crippen LogP contribution in [0.2, 0.25) is 0 Å². The summed E-state index contributed by atoms with van der Waals surface area (Å²) in [5, 5.41) is 0. The lowest BCUT2D eigenvalue weighted by atomic mass is 10.0. The van der Waals surface area contributed by atoms with Gasteiger partial charge in [-0.3, -0.25) is 0 Å². The maximum absolute atomic E-state index is 5.23. The first-order valence-corrected chi connectivity index (χ1v) is 4.23. The predicted molar refractivity (Wildman–Crippen MR) is 50.3 cm³/mol. The molecule has 1 aliphatic rings. The normalized spacial score (nSPS) is 14.1. The Morgan fingerprint density at radius 1 is 1.27 bits per heavy atom. The quantitative estimate of drug-likeness (QED) is 0.657. The van der Waals surface area contributed by atoms with E-state index < -0.39 is 0 Å². The average Bonchev–Trinajstić information content (AvgIpc) is 1.82. The first kappa shape index (κ1) is 10.5. The molecule has 0 aliphatic heterocycles. The minimum Gasteiger partial charge on any atom is -0.380 e. The largest absolute Gasteiger partial charge is 0.380 e. The van der Waals surface area contributed by atoms with Crippen LogP contribution in [0.25, 0.3) is 0 Å². The van der Waals surface area contributed by atoms with Crippen LogP contribution in [-0.2, 0) is 0 Å². The van der Waals surface area contributed by atoms with Crippen molar-refractivity contribution < 1.29 is 0 Å². The van der Waals surface area contributed by atoms with Crippen LogP contribution in [0.4, 0.5) is 0 Å². The molecule has 11 heavy (non-hydrogen) atoms. The van der Waals surface area contributed by atoms with E-state index in [9.17, 15) is 0 Å². The first-order chi connectivity index (χ1) is 5.18. The van der Waals surface area contributed by atoms with Crippen LogP contribution in [0.3, 0.4) is 0 Å². The highest BCUT2D eigenvalue weighted by Crippen LogP contribution is 2.15. The topological polar surface area (TPSA) is 29.3 Å². The Labute approximate surface area is 70.1 Å². The maximum atomic E-state index is 5.23. The van der Waals surface area contributed by atoms with E-state index in [1.165, 1.54) is 25.7 Å². The lowest BCUT2D eigenvalue weighted by Crippen LogP contribution is -2.17. The van der Waals surface area contributed by atoms with Crippen molar-refractivity contribution in [2.75, 3.05) is 20.6 Å². The van der Waals surface area contributed by atoms with Crippen LogP contribution in [0.15, 0.2) is 12.3 Å². The molecule has 0 amide bonds. The highest BCUT2D eigenvalue weighted by Gasteiger charge is 1.95. The van der Waals surface area contributed by atoms with Gasteiger partial charge in [0, 0.05) is 26.3 Å². The number of likely N-dealkylation sites (N-methyl/N-ethyl adjacent to an activating group) is 1. The molecule has 0 aromatic carbocycles. The SMILES string of the molecule is C1CCC1.C=C(CN)N(C)C. The Morgan fingerprint density at radius 2 is 1.64 bits per heavy atom. The maximum Gasteiger partial charge on any atom is 0.0324 e. The van der Waals surface area contributed by atoms with Crippen LogP contribution in [0.1, 0.15) is 25.7 Å². The van der Waals surface area contributed by atoms with E-state index in [4.69, 9.17) is 5.73 Å². The molecule has 1 rings (SSSR count). The van der Waals surface area contributed by atoms with Crippen LogP contribution in [-0.4, -0.2) is 25.5 Å². The summed E-state index contributed by atoms with van der Waals surface area (Å²) in [6, 6.07) is 0. The van der Waals surface area contributed by atoms with Crippen molar-refractivity contribution >= 4 is 0 Å². The number of hydrogen-bond acceptors (Lipinski definition) is 2. The predicted octanol–water partition coefficient (Wildman–Crippen LogP) is 1.58. The second kappa shape index (κ2) is 6.23. The number of nitrogens with zero attached hydrogens (tertiary/aromatic N) is 1. The van der Waals surface area contributed by atoms with Crippen molar-refractivity contribution in [3.05, 3.63) is 12.3 Å².